The minimum Gasteiger partial charge on any atom is -0.359 e. The Morgan fingerprint density at radius 3 is 2.17 bits per heavy atom. The summed E-state index contributed by atoms with van der Waals surface area (Å²) in [5.74, 6) is -2.22. The number of sulfonamides is 1. The topological polar surface area (TPSA) is 165 Å². The molecule has 1 fully saturated rings. The Kier molecular flexibility index (Phi) is 8.65. The number of anilines is 3. The molecular formula is C27H21F9N8O3S. The fraction of sp³-hybridized carbons (Fsp3) is 0.296. The second kappa shape index (κ2) is 12.0. The van der Waals surface area contributed by atoms with Gasteiger partial charge in [0, 0.05) is 18.3 Å². The number of fused-ring (bicyclic) bond motifs is 1. The number of nitrogens with two attached hydrogens (primary N) is 1. The molecule has 1 saturated carbocycles. The lowest BCUT2D eigenvalue weighted by Gasteiger charge is -2.18. The molecule has 0 saturated heterocycles. The number of halogens is 9. The van der Waals surface area contributed by atoms with Gasteiger partial charge in [-0.15, -0.1) is 0 Å². The zero-order valence-corrected chi connectivity index (χ0v) is 24.7. The van der Waals surface area contributed by atoms with Crippen LogP contribution in [-0.4, -0.2) is 53.2 Å². The number of hydrogen-bond donors (Lipinski definition) is 4. The average Bonchev–Trinajstić information content (AvgIpc) is 3.81. The molecule has 0 atom stereocenters. The Bertz CT molecular complexity index is 1980. The average molecular weight is 709 g/mol. The Hall–Kier alpha value is -4.79. The Morgan fingerprint density at radius 1 is 0.896 bits per heavy atom. The summed E-state index contributed by atoms with van der Waals surface area (Å²) in [7, 11) is -4.54. The van der Waals surface area contributed by atoms with Gasteiger partial charge in [-0.25, -0.2) is 28.5 Å². The van der Waals surface area contributed by atoms with E-state index in [1.54, 1.807) is 0 Å². The van der Waals surface area contributed by atoms with Crippen LogP contribution < -0.4 is 21.1 Å². The van der Waals surface area contributed by atoms with Gasteiger partial charge in [0.1, 0.15) is 23.3 Å². The molecule has 5 N–H and O–H groups in total. The van der Waals surface area contributed by atoms with Gasteiger partial charge in [0.2, 0.25) is 21.9 Å². The third-order valence-corrected chi connectivity index (χ3v) is 7.99. The van der Waals surface area contributed by atoms with E-state index in [0.29, 0.717) is 12.1 Å². The van der Waals surface area contributed by atoms with Crippen LogP contribution in [0.15, 0.2) is 53.6 Å². The van der Waals surface area contributed by atoms with Crippen LogP contribution in [0.2, 0.25) is 0 Å². The van der Waals surface area contributed by atoms with Gasteiger partial charge in [-0.05, 0) is 60.9 Å². The van der Waals surface area contributed by atoms with Crippen LogP contribution >= 0.6 is 0 Å². The fourth-order valence-electron chi connectivity index (χ4n) is 4.45. The van der Waals surface area contributed by atoms with E-state index >= 15 is 0 Å². The number of alkyl halides is 9. The minimum atomic E-state index is -4.93. The third-order valence-electron chi connectivity index (χ3n) is 7.10. The monoisotopic (exact) mass is 708 g/mol. The van der Waals surface area contributed by atoms with Crippen molar-refractivity contribution >= 4 is 44.5 Å². The van der Waals surface area contributed by atoms with Crippen molar-refractivity contribution in [1.29, 1.82) is 0 Å². The zero-order chi connectivity index (χ0) is 35.3. The Labute approximate surface area is 264 Å². The second-order valence-electron chi connectivity index (χ2n) is 10.7. The summed E-state index contributed by atoms with van der Waals surface area (Å²) in [6, 6.07) is 7.16. The first-order chi connectivity index (χ1) is 22.1. The molecule has 4 aromatic rings. The summed E-state index contributed by atoms with van der Waals surface area (Å²) >= 11 is 0. The quantitative estimate of drug-likeness (QED) is 0.162. The van der Waals surface area contributed by atoms with Gasteiger partial charge in [-0.3, -0.25) is 4.79 Å². The van der Waals surface area contributed by atoms with Crippen molar-refractivity contribution in [1.82, 2.24) is 19.9 Å². The number of benzene rings is 1. The molecule has 1 aliphatic carbocycles. The van der Waals surface area contributed by atoms with Crippen LogP contribution in [0, 0.1) is 5.41 Å². The first kappa shape index (κ1) is 34.5. The molecule has 5 rings (SSSR count). The molecule has 21 heteroatoms. The number of primary sulfonamides is 1. The minimum absolute atomic E-state index is 0.0195. The summed E-state index contributed by atoms with van der Waals surface area (Å²) in [4.78, 5) is 27.7. The second-order valence-corrected chi connectivity index (χ2v) is 12.2. The highest BCUT2D eigenvalue weighted by Crippen LogP contribution is 2.58. The molecule has 0 radical (unpaired) electrons. The fourth-order valence-corrected chi connectivity index (χ4v) is 5.06. The van der Waals surface area contributed by atoms with Crippen LogP contribution in [-0.2, 0) is 27.5 Å². The Morgan fingerprint density at radius 2 is 1.60 bits per heavy atom. The predicted octanol–water partition coefficient (Wildman–Crippen LogP) is 5.62. The summed E-state index contributed by atoms with van der Waals surface area (Å²) in [6.45, 7) is -2.06. The van der Waals surface area contributed by atoms with Crippen LogP contribution in [0.5, 0.6) is 0 Å². The molecule has 1 aromatic carbocycles. The van der Waals surface area contributed by atoms with Crippen molar-refractivity contribution in [3.63, 3.8) is 0 Å². The van der Waals surface area contributed by atoms with E-state index in [1.807, 2.05) is 0 Å². The van der Waals surface area contributed by atoms with Crippen LogP contribution in [0.3, 0.4) is 0 Å². The van der Waals surface area contributed by atoms with Crippen LogP contribution in [0.4, 0.5) is 57.1 Å². The highest BCUT2D eigenvalue weighted by Gasteiger charge is 2.68. The summed E-state index contributed by atoms with van der Waals surface area (Å²) < 4.78 is 143. The van der Waals surface area contributed by atoms with Gasteiger partial charge < -0.3 is 16.0 Å². The van der Waals surface area contributed by atoms with Gasteiger partial charge in [-0.1, -0.05) is 0 Å². The maximum Gasteiger partial charge on any atom is 0.416 e. The number of aromatic nitrogens is 4. The number of carbonyl (C=O) groups is 1. The zero-order valence-electron chi connectivity index (χ0n) is 23.8. The maximum atomic E-state index is 13.4. The molecule has 3 heterocycles. The van der Waals surface area contributed by atoms with Gasteiger partial charge in [0.25, 0.3) is 0 Å². The SMILES string of the molecule is NS(=O)(=O)c1cc(CNc2nc(NCC(F)(F)F)c3nc(-c4ccc(NC(=O)C5(C(F)(F)F)CC5)nc4)ccc3n2)cc(C(F)(F)F)c1. The highest BCUT2D eigenvalue weighted by atomic mass is 32.2. The predicted molar refractivity (Wildman–Crippen MR) is 152 cm³/mol. The lowest BCUT2D eigenvalue weighted by Crippen LogP contribution is -2.37. The van der Waals surface area contributed by atoms with Crippen molar-refractivity contribution < 1.29 is 52.7 Å². The normalized spacial score (nSPS) is 14.9. The third kappa shape index (κ3) is 7.67. The van der Waals surface area contributed by atoms with E-state index in [2.05, 4.69) is 35.9 Å². The van der Waals surface area contributed by atoms with E-state index in [4.69, 9.17) is 5.14 Å². The molecule has 0 aliphatic heterocycles. The van der Waals surface area contributed by atoms with Crippen molar-refractivity contribution in [2.24, 2.45) is 10.6 Å². The molecule has 0 unspecified atom stereocenters. The molecule has 1 aliphatic rings. The number of carbonyl (C=O) groups excluding carboxylic acids is 1. The number of nitrogens with zero attached hydrogens (tertiary/aromatic N) is 4. The van der Waals surface area contributed by atoms with Crippen molar-refractivity contribution in [2.45, 2.75) is 42.8 Å². The Balaban J connectivity index is 1.42. The summed E-state index contributed by atoms with van der Waals surface area (Å²) in [6.07, 6.45) is -13.9. The van der Waals surface area contributed by atoms with E-state index < -0.39 is 69.2 Å². The number of pyridine rings is 2. The van der Waals surface area contributed by atoms with E-state index in [0.717, 1.165) is 6.07 Å². The number of hydrogen-bond acceptors (Lipinski definition) is 9. The van der Waals surface area contributed by atoms with E-state index in [-0.39, 0.29) is 52.5 Å². The lowest BCUT2D eigenvalue weighted by atomic mass is 10.1. The van der Waals surface area contributed by atoms with Crippen LogP contribution in [0.25, 0.3) is 22.3 Å². The lowest BCUT2D eigenvalue weighted by molar-refractivity contribution is -0.189. The number of nitrogens with one attached hydrogen (secondary N) is 3. The molecule has 11 nitrogen and oxygen atoms in total. The van der Waals surface area contributed by atoms with Crippen LogP contribution in [0.1, 0.15) is 24.0 Å². The number of rotatable bonds is 9. The smallest absolute Gasteiger partial charge is 0.359 e. The van der Waals surface area contributed by atoms with Gasteiger partial charge >= 0.3 is 18.5 Å². The van der Waals surface area contributed by atoms with Crippen molar-refractivity contribution in [3.8, 4) is 11.3 Å². The van der Waals surface area contributed by atoms with Gasteiger partial charge in [-0.2, -0.15) is 44.5 Å². The van der Waals surface area contributed by atoms with E-state index in [9.17, 15) is 52.7 Å². The molecule has 256 valence electrons. The van der Waals surface area contributed by atoms with E-state index in [1.165, 1.54) is 30.5 Å². The molecule has 1 amide bonds. The summed E-state index contributed by atoms with van der Waals surface area (Å²) in [5.41, 5.74) is -3.81. The molecule has 0 bridgehead atoms. The standard InChI is InChI=1S/C27H21F9N8O3S/c28-25(29,30)12-40-21-20-18(42-23(44-21)39-10-13-7-15(26(31,32)33)9-16(8-13)48(37,46)47)3-2-17(41-20)14-1-4-19(38-11-14)43-22(45)24(5-6-24)27(34,35)36/h1-4,7-9,11H,5-6,10,12H2,(H2,37,46,47)(H,38,43,45)(H2,39,40,42,44). The highest BCUT2D eigenvalue weighted by molar-refractivity contribution is 7.89. The number of amides is 1. The molecule has 0 spiro atoms. The first-order valence-corrected chi connectivity index (χ1v) is 15.0. The van der Waals surface area contributed by atoms with Crippen molar-refractivity contribution in [3.05, 3.63) is 59.8 Å². The summed E-state index contributed by atoms with van der Waals surface area (Å²) in [5, 5.41) is 11.8. The van der Waals surface area contributed by atoms with Gasteiger partial charge in [0.05, 0.1) is 21.7 Å². The maximum absolute atomic E-state index is 13.4. The molecular weight excluding hydrogens is 687 g/mol. The molecule has 48 heavy (non-hydrogen) atoms. The molecule has 3 aromatic heterocycles. The van der Waals surface area contributed by atoms with Gasteiger partial charge in [0.15, 0.2) is 5.82 Å². The first-order valence-electron chi connectivity index (χ1n) is 13.5. The largest absolute Gasteiger partial charge is 0.416 e. The van der Waals surface area contributed by atoms with Crippen molar-refractivity contribution in [2.75, 3.05) is 22.5 Å².